The summed E-state index contributed by atoms with van der Waals surface area (Å²) >= 11 is 0. The van der Waals surface area contributed by atoms with Crippen molar-refractivity contribution in [1.29, 1.82) is 0 Å². The highest BCUT2D eigenvalue weighted by molar-refractivity contribution is 5.54. The third-order valence-corrected chi connectivity index (χ3v) is 3.40. The summed E-state index contributed by atoms with van der Waals surface area (Å²) in [5.74, 6) is 0.870. The summed E-state index contributed by atoms with van der Waals surface area (Å²) in [7, 11) is 3.64. The highest BCUT2D eigenvalue weighted by Crippen LogP contribution is 2.18. The number of benzene rings is 2. The standard InChI is InChI=1S/C17H22N2O2/c1-19(11-12-20)16-7-5-15(6-8-16)18-13-14-3-9-17(21-2)10-4-14/h3-10,18,20H,11-13H2,1-2H3. The molecule has 0 aromatic heterocycles. The van der Waals surface area contributed by atoms with Gasteiger partial charge in [-0.05, 0) is 42.0 Å². The summed E-state index contributed by atoms with van der Waals surface area (Å²) < 4.78 is 5.14. The van der Waals surface area contributed by atoms with Gasteiger partial charge in [0.25, 0.3) is 0 Å². The average Bonchev–Trinajstić information content (AvgIpc) is 2.54. The van der Waals surface area contributed by atoms with Crippen LogP contribution in [0.3, 0.4) is 0 Å². The van der Waals surface area contributed by atoms with E-state index in [4.69, 9.17) is 9.84 Å². The Labute approximate surface area is 126 Å². The maximum atomic E-state index is 8.94. The normalized spacial score (nSPS) is 10.2. The molecule has 0 saturated carbocycles. The summed E-state index contributed by atoms with van der Waals surface area (Å²) in [4.78, 5) is 2.02. The fraction of sp³-hybridized carbons (Fsp3) is 0.294. The number of rotatable bonds is 7. The van der Waals surface area contributed by atoms with Crippen molar-refractivity contribution in [3.8, 4) is 5.75 Å². The van der Waals surface area contributed by atoms with Crippen LogP contribution in [0, 0.1) is 0 Å². The number of aliphatic hydroxyl groups excluding tert-OH is 1. The third kappa shape index (κ3) is 4.39. The average molecular weight is 286 g/mol. The summed E-state index contributed by atoms with van der Waals surface area (Å²) in [6.07, 6.45) is 0. The fourth-order valence-corrected chi connectivity index (χ4v) is 2.06. The van der Waals surface area contributed by atoms with Crippen LogP contribution in [0.2, 0.25) is 0 Å². The van der Waals surface area contributed by atoms with Gasteiger partial charge in [-0.1, -0.05) is 12.1 Å². The van der Waals surface area contributed by atoms with E-state index < -0.39 is 0 Å². The summed E-state index contributed by atoms with van der Waals surface area (Å²) in [6, 6.07) is 16.2. The van der Waals surface area contributed by atoms with Gasteiger partial charge in [-0.15, -0.1) is 0 Å². The molecule has 0 aliphatic heterocycles. The van der Waals surface area contributed by atoms with Gasteiger partial charge in [-0.2, -0.15) is 0 Å². The lowest BCUT2D eigenvalue weighted by atomic mass is 10.2. The van der Waals surface area contributed by atoms with Gasteiger partial charge in [0.05, 0.1) is 13.7 Å². The molecule has 21 heavy (non-hydrogen) atoms. The highest BCUT2D eigenvalue weighted by atomic mass is 16.5. The smallest absolute Gasteiger partial charge is 0.118 e. The Morgan fingerprint density at radius 1 is 1.05 bits per heavy atom. The topological polar surface area (TPSA) is 44.7 Å². The number of methoxy groups -OCH3 is 1. The van der Waals surface area contributed by atoms with Gasteiger partial charge in [0, 0.05) is 31.5 Å². The number of nitrogens with one attached hydrogen (secondary N) is 1. The lowest BCUT2D eigenvalue weighted by molar-refractivity contribution is 0.304. The van der Waals surface area contributed by atoms with Crippen LogP contribution in [0.1, 0.15) is 5.56 Å². The van der Waals surface area contributed by atoms with Gasteiger partial charge in [0.15, 0.2) is 0 Å². The molecule has 0 bridgehead atoms. The van der Waals surface area contributed by atoms with Crippen molar-refractivity contribution < 1.29 is 9.84 Å². The Morgan fingerprint density at radius 3 is 2.29 bits per heavy atom. The van der Waals surface area contributed by atoms with Crippen molar-refractivity contribution in [3.63, 3.8) is 0 Å². The first-order valence-corrected chi connectivity index (χ1v) is 7.02. The molecule has 2 N–H and O–H groups in total. The molecule has 4 nitrogen and oxygen atoms in total. The summed E-state index contributed by atoms with van der Waals surface area (Å²) in [5.41, 5.74) is 3.38. The summed E-state index contributed by atoms with van der Waals surface area (Å²) in [6.45, 7) is 1.57. The molecule has 0 heterocycles. The van der Waals surface area contributed by atoms with Crippen molar-refractivity contribution in [1.82, 2.24) is 0 Å². The van der Waals surface area contributed by atoms with Crippen LogP contribution >= 0.6 is 0 Å². The SMILES string of the molecule is COc1ccc(CNc2ccc(N(C)CCO)cc2)cc1. The van der Waals surface area contributed by atoms with Gasteiger partial charge in [-0.3, -0.25) is 0 Å². The first-order chi connectivity index (χ1) is 10.2. The van der Waals surface area contributed by atoms with Crippen LogP contribution < -0.4 is 15.0 Å². The van der Waals surface area contributed by atoms with Crippen LogP contribution in [0.4, 0.5) is 11.4 Å². The molecule has 0 amide bonds. The molecule has 2 aromatic carbocycles. The Bertz CT molecular complexity index is 538. The molecule has 0 radical (unpaired) electrons. The minimum atomic E-state index is 0.161. The summed E-state index contributed by atoms with van der Waals surface area (Å²) in [5, 5.41) is 12.3. The molecule has 0 atom stereocenters. The van der Waals surface area contributed by atoms with Crippen LogP contribution in [-0.4, -0.2) is 32.4 Å². The van der Waals surface area contributed by atoms with E-state index in [-0.39, 0.29) is 6.61 Å². The molecular weight excluding hydrogens is 264 g/mol. The predicted octanol–water partition coefficient (Wildman–Crippen LogP) is 2.74. The van der Waals surface area contributed by atoms with E-state index in [1.165, 1.54) is 5.56 Å². The van der Waals surface area contributed by atoms with Crippen molar-refractivity contribution >= 4 is 11.4 Å². The van der Waals surface area contributed by atoms with Crippen LogP contribution in [0.25, 0.3) is 0 Å². The van der Waals surface area contributed by atoms with Gasteiger partial charge in [0.1, 0.15) is 5.75 Å². The maximum Gasteiger partial charge on any atom is 0.118 e. The highest BCUT2D eigenvalue weighted by Gasteiger charge is 2.00. The molecule has 2 aromatic rings. The monoisotopic (exact) mass is 286 g/mol. The van der Waals surface area contributed by atoms with Gasteiger partial charge < -0.3 is 20.1 Å². The number of anilines is 2. The molecule has 4 heteroatoms. The Balaban J connectivity index is 1.90. The quantitative estimate of drug-likeness (QED) is 0.821. The van der Waals surface area contributed by atoms with E-state index in [2.05, 4.69) is 17.4 Å². The molecule has 0 aliphatic carbocycles. The number of hydrogen-bond acceptors (Lipinski definition) is 4. The zero-order valence-corrected chi connectivity index (χ0v) is 12.5. The van der Waals surface area contributed by atoms with Crippen molar-refractivity contribution in [2.75, 3.05) is 37.5 Å². The van der Waals surface area contributed by atoms with Crippen molar-refractivity contribution in [2.45, 2.75) is 6.54 Å². The second-order valence-corrected chi connectivity index (χ2v) is 4.89. The van der Waals surface area contributed by atoms with Crippen LogP contribution in [0.15, 0.2) is 48.5 Å². The van der Waals surface area contributed by atoms with Gasteiger partial charge in [0.2, 0.25) is 0 Å². The van der Waals surface area contributed by atoms with Gasteiger partial charge in [-0.25, -0.2) is 0 Å². The van der Waals surface area contributed by atoms with Crippen molar-refractivity contribution in [3.05, 3.63) is 54.1 Å². The number of likely N-dealkylation sites (N-methyl/N-ethyl adjacent to an activating group) is 1. The molecule has 2 rings (SSSR count). The zero-order valence-electron chi connectivity index (χ0n) is 12.5. The lowest BCUT2D eigenvalue weighted by Crippen LogP contribution is -2.20. The Morgan fingerprint density at radius 2 is 1.71 bits per heavy atom. The first kappa shape index (κ1) is 15.2. The molecule has 0 saturated heterocycles. The number of hydrogen-bond donors (Lipinski definition) is 2. The van der Waals surface area contributed by atoms with E-state index in [0.717, 1.165) is 23.7 Å². The lowest BCUT2D eigenvalue weighted by Gasteiger charge is -2.18. The zero-order chi connectivity index (χ0) is 15.1. The number of ether oxygens (including phenoxy) is 1. The van der Waals surface area contributed by atoms with E-state index in [9.17, 15) is 0 Å². The largest absolute Gasteiger partial charge is 0.497 e. The molecule has 0 spiro atoms. The van der Waals surface area contributed by atoms with Crippen molar-refractivity contribution in [2.24, 2.45) is 0 Å². The third-order valence-electron chi connectivity index (χ3n) is 3.40. The van der Waals surface area contributed by atoms with Crippen LogP contribution in [-0.2, 0) is 6.54 Å². The molecule has 0 fully saturated rings. The molecule has 0 unspecified atom stereocenters. The predicted molar refractivity (Wildman–Crippen MR) is 87.1 cm³/mol. The maximum absolute atomic E-state index is 8.94. The fourth-order valence-electron chi connectivity index (χ4n) is 2.06. The van der Waals surface area contributed by atoms with E-state index in [1.807, 2.05) is 48.3 Å². The minimum Gasteiger partial charge on any atom is -0.497 e. The molecule has 112 valence electrons. The second kappa shape index (κ2) is 7.55. The molecule has 0 aliphatic rings. The van der Waals surface area contributed by atoms with E-state index in [0.29, 0.717) is 6.54 Å². The number of aliphatic hydroxyl groups is 1. The van der Waals surface area contributed by atoms with E-state index in [1.54, 1.807) is 7.11 Å². The Kier molecular flexibility index (Phi) is 5.46. The minimum absolute atomic E-state index is 0.161. The first-order valence-electron chi connectivity index (χ1n) is 7.02. The van der Waals surface area contributed by atoms with Crippen LogP contribution in [0.5, 0.6) is 5.75 Å². The van der Waals surface area contributed by atoms with E-state index >= 15 is 0 Å². The number of nitrogens with zero attached hydrogens (tertiary/aromatic N) is 1. The second-order valence-electron chi connectivity index (χ2n) is 4.89. The van der Waals surface area contributed by atoms with Gasteiger partial charge >= 0.3 is 0 Å². The molecular formula is C17H22N2O2. The Hall–Kier alpha value is -2.20.